The zero-order valence-corrected chi connectivity index (χ0v) is 17.9. The van der Waals surface area contributed by atoms with Crippen molar-refractivity contribution in [3.8, 4) is 0 Å². The van der Waals surface area contributed by atoms with E-state index in [2.05, 4.69) is 5.32 Å². The van der Waals surface area contributed by atoms with Crippen molar-refractivity contribution in [3.63, 3.8) is 0 Å². The van der Waals surface area contributed by atoms with Gasteiger partial charge in [0.25, 0.3) is 11.6 Å². The van der Waals surface area contributed by atoms with Gasteiger partial charge in [0.2, 0.25) is 5.91 Å². The van der Waals surface area contributed by atoms with Crippen LogP contribution in [-0.4, -0.2) is 64.3 Å². The molecule has 30 heavy (non-hydrogen) atoms. The summed E-state index contributed by atoms with van der Waals surface area (Å²) >= 11 is 2.65. The van der Waals surface area contributed by atoms with Crippen LogP contribution in [0.5, 0.6) is 0 Å². The standard InChI is InChI=1S/C19H20N2O7S2/c1-3-28-14(23)7-6-11-10-30-18-19(27-2,17(26)21(18)15(11)16(24)25)20-13(22)9-12-5-4-8-29-12/h4-8,18H,3,9-10H2,1-2H3,(H,20,22)(H,24,25)/b7-6+/t18-,19+/m1/s1. The predicted octanol–water partition coefficient (Wildman–Crippen LogP) is 1.12. The third kappa shape index (κ3) is 4.00. The number of methoxy groups -OCH3 is 1. The number of carbonyl (C=O) groups excluding carboxylic acids is 3. The van der Waals surface area contributed by atoms with Crippen LogP contribution in [0.3, 0.4) is 0 Å². The molecule has 2 atom stereocenters. The molecule has 0 radical (unpaired) electrons. The molecule has 9 nitrogen and oxygen atoms in total. The van der Waals surface area contributed by atoms with Crippen molar-refractivity contribution in [2.45, 2.75) is 24.4 Å². The van der Waals surface area contributed by atoms with Gasteiger partial charge in [0.05, 0.1) is 13.0 Å². The Labute approximate surface area is 180 Å². The second-order valence-corrected chi connectivity index (χ2v) is 8.45. The summed E-state index contributed by atoms with van der Waals surface area (Å²) in [7, 11) is 1.29. The van der Waals surface area contributed by atoms with Gasteiger partial charge in [0, 0.05) is 23.8 Å². The highest BCUT2D eigenvalue weighted by atomic mass is 32.2. The van der Waals surface area contributed by atoms with E-state index in [4.69, 9.17) is 9.47 Å². The molecule has 3 heterocycles. The molecule has 1 aromatic rings. The SMILES string of the molecule is CCOC(=O)/C=C/C1=C(C(=O)O)N2C(=O)[C@](NC(=O)Cc3cccs3)(OC)[C@H]2SC1. The van der Waals surface area contributed by atoms with E-state index < -0.39 is 34.9 Å². The molecule has 2 amide bonds. The van der Waals surface area contributed by atoms with Crippen molar-refractivity contribution in [1.29, 1.82) is 0 Å². The minimum Gasteiger partial charge on any atom is -0.477 e. The van der Waals surface area contributed by atoms with E-state index in [-0.39, 0.29) is 24.5 Å². The van der Waals surface area contributed by atoms with Crippen molar-refractivity contribution in [1.82, 2.24) is 10.2 Å². The molecular formula is C19H20N2O7S2. The number of aliphatic carboxylic acids is 1. The molecule has 2 N–H and O–H groups in total. The van der Waals surface area contributed by atoms with Crippen molar-refractivity contribution in [3.05, 3.63) is 45.8 Å². The Balaban J connectivity index is 1.82. The topological polar surface area (TPSA) is 122 Å². The van der Waals surface area contributed by atoms with Crippen LogP contribution in [0, 0.1) is 0 Å². The Hall–Kier alpha value is -2.63. The van der Waals surface area contributed by atoms with Gasteiger partial charge in [0.1, 0.15) is 11.1 Å². The van der Waals surface area contributed by atoms with Crippen LogP contribution in [-0.2, 0) is 35.1 Å². The maximum absolute atomic E-state index is 13.0. The molecule has 0 bridgehead atoms. The monoisotopic (exact) mass is 452 g/mol. The summed E-state index contributed by atoms with van der Waals surface area (Å²) < 4.78 is 10.2. The highest BCUT2D eigenvalue weighted by molar-refractivity contribution is 8.00. The third-order valence-corrected chi connectivity index (χ3v) is 6.74. The zero-order chi connectivity index (χ0) is 21.9. The molecule has 1 saturated heterocycles. The lowest BCUT2D eigenvalue weighted by Crippen LogP contribution is -2.80. The minimum absolute atomic E-state index is 0.0859. The van der Waals surface area contributed by atoms with Crippen molar-refractivity contribution in [2.24, 2.45) is 0 Å². The van der Waals surface area contributed by atoms with Crippen LogP contribution < -0.4 is 5.32 Å². The smallest absolute Gasteiger partial charge is 0.352 e. The molecule has 2 aliphatic rings. The molecule has 0 aliphatic carbocycles. The van der Waals surface area contributed by atoms with E-state index in [1.165, 1.54) is 36.3 Å². The number of carboxylic acid groups (broad SMARTS) is 1. The van der Waals surface area contributed by atoms with Crippen LogP contribution in [0.2, 0.25) is 0 Å². The largest absolute Gasteiger partial charge is 0.477 e. The Morgan fingerprint density at radius 3 is 2.80 bits per heavy atom. The summed E-state index contributed by atoms with van der Waals surface area (Å²) in [4.78, 5) is 50.7. The van der Waals surface area contributed by atoms with E-state index in [9.17, 15) is 24.3 Å². The maximum Gasteiger partial charge on any atom is 0.352 e. The summed E-state index contributed by atoms with van der Waals surface area (Å²) in [5.41, 5.74) is -1.60. The van der Waals surface area contributed by atoms with Gasteiger partial charge in [0.15, 0.2) is 0 Å². The van der Waals surface area contributed by atoms with Gasteiger partial charge in [-0.25, -0.2) is 9.59 Å². The molecule has 0 saturated carbocycles. The average Bonchev–Trinajstić information content (AvgIpc) is 3.22. The summed E-state index contributed by atoms with van der Waals surface area (Å²) in [5, 5.41) is 13.4. The lowest BCUT2D eigenvalue weighted by atomic mass is 9.97. The first-order valence-corrected chi connectivity index (χ1v) is 10.9. The predicted molar refractivity (Wildman–Crippen MR) is 109 cm³/mol. The van der Waals surface area contributed by atoms with Crippen LogP contribution >= 0.6 is 23.1 Å². The van der Waals surface area contributed by atoms with Crippen molar-refractivity contribution < 1.29 is 33.8 Å². The molecule has 0 spiro atoms. The Bertz CT molecular complexity index is 925. The normalized spacial score (nSPS) is 23.2. The second kappa shape index (κ2) is 9.02. The van der Waals surface area contributed by atoms with Crippen molar-refractivity contribution >= 4 is 46.9 Å². The fraction of sp³-hybridized carbons (Fsp3) is 0.368. The molecular weight excluding hydrogens is 432 g/mol. The number of amides is 2. The molecule has 0 aromatic carbocycles. The lowest BCUT2D eigenvalue weighted by Gasteiger charge is -2.55. The highest BCUT2D eigenvalue weighted by Gasteiger charge is 2.66. The number of hydrogen-bond acceptors (Lipinski definition) is 8. The van der Waals surface area contributed by atoms with Gasteiger partial charge >= 0.3 is 11.9 Å². The number of rotatable bonds is 8. The number of esters is 1. The summed E-state index contributed by atoms with van der Waals surface area (Å²) in [6.45, 7) is 1.85. The quantitative estimate of drug-likeness (QED) is 0.260. The molecule has 2 aliphatic heterocycles. The first kappa shape index (κ1) is 22.1. The van der Waals surface area contributed by atoms with Crippen molar-refractivity contribution in [2.75, 3.05) is 19.5 Å². The number of hydrogen-bond donors (Lipinski definition) is 2. The van der Waals surface area contributed by atoms with E-state index in [0.29, 0.717) is 5.57 Å². The Morgan fingerprint density at radius 1 is 1.43 bits per heavy atom. The van der Waals surface area contributed by atoms with Crippen LogP contribution in [0.4, 0.5) is 0 Å². The summed E-state index contributed by atoms with van der Waals surface area (Å²) in [6.07, 6.45) is 2.54. The summed E-state index contributed by atoms with van der Waals surface area (Å²) in [5.74, 6) is -2.80. The van der Waals surface area contributed by atoms with E-state index in [0.717, 1.165) is 15.9 Å². The first-order valence-electron chi connectivity index (χ1n) is 8.99. The Kier molecular flexibility index (Phi) is 6.64. The number of thiophene rings is 1. The molecule has 0 unspecified atom stereocenters. The molecule has 1 aromatic heterocycles. The van der Waals surface area contributed by atoms with E-state index in [1.54, 1.807) is 13.0 Å². The first-order chi connectivity index (χ1) is 14.3. The Morgan fingerprint density at radius 2 is 2.20 bits per heavy atom. The molecule has 11 heteroatoms. The van der Waals surface area contributed by atoms with Crippen LogP contribution in [0.15, 0.2) is 40.9 Å². The fourth-order valence-electron chi connectivity index (χ4n) is 3.21. The van der Waals surface area contributed by atoms with E-state index in [1.807, 2.05) is 11.4 Å². The second-order valence-electron chi connectivity index (χ2n) is 6.35. The fourth-order valence-corrected chi connectivity index (χ4v) is 5.33. The molecule has 1 fully saturated rings. The number of allylic oxidation sites excluding steroid dienone is 1. The lowest BCUT2D eigenvalue weighted by molar-refractivity contribution is -0.192. The maximum atomic E-state index is 13.0. The number of nitrogens with zero attached hydrogens (tertiary/aromatic N) is 1. The molecule has 3 rings (SSSR count). The summed E-state index contributed by atoms with van der Waals surface area (Å²) in [6, 6.07) is 3.63. The highest BCUT2D eigenvalue weighted by Crippen LogP contribution is 2.46. The number of ether oxygens (including phenoxy) is 2. The zero-order valence-electron chi connectivity index (χ0n) is 16.2. The van der Waals surface area contributed by atoms with Gasteiger partial charge in [-0.3, -0.25) is 14.5 Å². The number of fused-ring (bicyclic) bond motifs is 1. The number of carbonyl (C=O) groups is 4. The number of carboxylic acids is 1. The number of nitrogens with one attached hydrogen (secondary N) is 1. The van der Waals surface area contributed by atoms with Gasteiger partial charge < -0.3 is 19.9 Å². The van der Waals surface area contributed by atoms with Gasteiger partial charge in [-0.2, -0.15) is 0 Å². The van der Waals surface area contributed by atoms with Gasteiger partial charge in [-0.05, 0) is 30.0 Å². The molecule has 160 valence electrons. The van der Waals surface area contributed by atoms with Crippen LogP contribution in [0.1, 0.15) is 11.8 Å². The average molecular weight is 453 g/mol. The number of β-lactam (4-membered cyclic amide) rings is 1. The van der Waals surface area contributed by atoms with Gasteiger partial charge in [-0.1, -0.05) is 6.07 Å². The van der Waals surface area contributed by atoms with Crippen LogP contribution in [0.25, 0.3) is 0 Å². The third-order valence-electron chi connectivity index (χ3n) is 4.53. The van der Waals surface area contributed by atoms with E-state index >= 15 is 0 Å². The number of thioether (sulfide) groups is 1. The minimum atomic E-state index is -1.64. The van der Waals surface area contributed by atoms with Gasteiger partial charge in [-0.15, -0.1) is 23.1 Å².